The highest BCUT2D eigenvalue weighted by atomic mass is 32.1. The molecular weight excluding hydrogens is 260 g/mol. The Kier molecular flexibility index (Phi) is 4.21. The Hall–Kier alpha value is -1.40. The first kappa shape index (κ1) is 14.0. The largest absolute Gasteiger partial charge is 0.392 e. The van der Waals surface area contributed by atoms with Crippen molar-refractivity contribution in [2.45, 2.75) is 26.4 Å². The van der Waals surface area contributed by atoms with E-state index in [1.807, 2.05) is 19.0 Å². The van der Waals surface area contributed by atoms with E-state index >= 15 is 0 Å². The van der Waals surface area contributed by atoms with Gasteiger partial charge in [0.05, 0.1) is 11.5 Å². The molecule has 0 aromatic carbocycles. The van der Waals surface area contributed by atoms with Gasteiger partial charge in [0.1, 0.15) is 10.6 Å². The molecule has 0 aliphatic heterocycles. The number of aryl methyl sites for hydroxylation is 1. The zero-order valence-electron chi connectivity index (χ0n) is 11.8. The summed E-state index contributed by atoms with van der Waals surface area (Å²) in [7, 11) is 3.76. The van der Waals surface area contributed by atoms with Gasteiger partial charge in [-0.25, -0.2) is 4.98 Å². The van der Waals surface area contributed by atoms with Crippen molar-refractivity contribution in [2.75, 3.05) is 30.9 Å². The van der Waals surface area contributed by atoms with Gasteiger partial charge in [0.15, 0.2) is 0 Å². The van der Waals surface area contributed by atoms with E-state index in [9.17, 15) is 5.11 Å². The second kappa shape index (κ2) is 5.71. The predicted octanol–water partition coefficient (Wildman–Crippen LogP) is 2.11. The summed E-state index contributed by atoms with van der Waals surface area (Å²) in [6.45, 7) is 4.46. The molecule has 19 heavy (non-hydrogen) atoms. The average Bonchev–Trinajstić information content (AvgIpc) is 2.79. The normalized spacial score (nSPS) is 12.7. The third-order valence-corrected chi connectivity index (χ3v) is 4.07. The van der Waals surface area contributed by atoms with Crippen molar-refractivity contribution in [3.63, 3.8) is 0 Å². The van der Waals surface area contributed by atoms with Gasteiger partial charge in [0.25, 0.3) is 0 Å². The summed E-state index contributed by atoms with van der Waals surface area (Å²) in [5, 5.41) is 13.6. The van der Waals surface area contributed by atoms with Crippen molar-refractivity contribution in [1.29, 1.82) is 0 Å². The third-order valence-electron chi connectivity index (χ3n) is 2.90. The Labute approximate surface area is 117 Å². The number of anilines is 2. The number of hydrogen-bond donors (Lipinski definition) is 2. The van der Waals surface area contributed by atoms with Crippen LogP contribution in [-0.4, -0.2) is 41.8 Å². The number of hydrogen-bond acceptors (Lipinski definition) is 6. The Morgan fingerprint density at radius 3 is 2.79 bits per heavy atom. The molecule has 0 bridgehead atoms. The number of fused-ring (bicyclic) bond motifs is 1. The molecule has 2 heterocycles. The molecule has 1 atom stereocenters. The van der Waals surface area contributed by atoms with E-state index in [0.29, 0.717) is 12.5 Å². The fraction of sp³-hybridized carbons (Fsp3) is 0.538. The van der Waals surface area contributed by atoms with Crippen LogP contribution in [0, 0.1) is 0 Å². The van der Waals surface area contributed by atoms with Gasteiger partial charge >= 0.3 is 0 Å². The van der Waals surface area contributed by atoms with Crippen molar-refractivity contribution in [2.24, 2.45) is 0 Å². The van der Waals surface area contributed by atoms with Crippen LogP contribution in [0.4, 0.5) is 11.8 Å². The molecule has 0 saturated heterocycles. The van der Waals surface area contributed by atoms with Crippen molar-refractivity contribution in [3.8, 4) is 0 Å². The van der Waals surface area contributed by atoms with Gasteiger partial charge in [-0.15, -0.1) is 11.3 Å². The van der Waals surface area contributed by atoms with Crippen molar-refractivity contribution in [1.82, 2.24) is 9.97 Å². The molecule has 0 spiro atoms. The van der Waals surface area contributed by atoms with E-state index in [1.54, 1.807) is 18.3 Å². The third kappa shape index (κ3) is 2.96. The Balaban J connectivity index is 2.52. The minimum Gasteiger partial charge on any atom is -0.392 e. The van der Waals surface area contributed by atoms with Gasteiger partial charge in [0, 0.05) is 25.5 Å². The van der Waals surface area contributed by atoms with Crippen LogP contribution >= 0.6 is 11.3 Å². The lowest BCUT2D eigenvalue weighted by Crippen LogP contribution is -2.28. The van der Waals surface area contributed by atoms with Crippen molar-refractivity contribution >= 4 is 33.3 Å². The summed E-state index contributed by atoms with van der Waals surface area (Å²) in [4.78, 5) is 13.3. The first-order valence-electron chi connectivity index (χ1n) is 6.42. The first-order valence-corrected chi connectivity index (χ1v) is 7.24. The maximum atomic E-state index is 9.54. The smallest absolute Gasteiger partial charge is 0.225 e. The van der Waals surface area contributed by atoms with Crippen LogP contribution in [0.25, 0.3) is 10.2 Å². The molecule has 2 aromatic heterocycles. The summed E-state index contributed by atoms with van der Waals surface area (Å²) in [5.41, 5.74) is 0. The van der Waals surface area contributed by atoms with E-state index in [1.165, 1.54) is 4.88 Å². The molecule has 0 aliphatic carbocycles. The predicted molar refractivity (Wildman–Crippen MR) is 81.3 cm³/mol. The van der Waals surface area contributed by atoms with Gasteiger partial charge in [-0.05, 0) is 19.4 Å². The molecule has 2 N–H and O–H groups in total. The van der Waals surface area contributed by atoms with Crippen LogP contribution in [0.15, 0.2) is 6.07 Å². The molecule has 0 saturated carbocycles. The molecule has 0 amide bonds. The first-order chi connectivity index (χ1) is 9.05. The number of nitrogens with one attached hydrogen (secondary N) is 1. The van der Waals surface area contributed by atoms with Crippen molar-refractivity contribution < 1.29 is 5.11 Å². The highest BCUT2D eigenvalue weighted by molar-refractivity contribution is 7.18. The van der Waals surface area contributed by atoms with Crippen LogP contribution in [0.3, 0.4) is 0 Å². The molecular formula is C13H20N4OS. The van der Waals surface area contributed by atoms with Crippen LogP contribution in [0.2, 0.25) is 0 Å². The van der Waals surface area contributed by atoms with Gasteiger partial charge in [-0.2, -0.15) is 4.98 Å². The average molecular weight is 280 g/mol. The lowest BCUT2D eigenvalue weighted by atomic mass is 10.3. The molecule has 1 unspecified atom stereocenters. The number of rotatable bonds is 5. The summed E-state index contributed by atoms with van der Waals surface area (Å²) in [6.07, 6.45) is 0.604. The number of thiophene rings is 1. The molecule has 0 fully saturated rings. The van der Waals surface area contributed by atoms with E-state index < -0.39 is 6.10 Å². The van der Waals surface area contributed by atoms with Gasteiger partial charge < -0.3 is 15.3 Å². The van der Waals surface area contributed by atoms with E-state index in [4.69, 9.17) is 0 Å². The number of nitrogens with zero attached hydrogens (tertiary/aromatic N) is 3. The molecule has 0 radical (unpaired) electrons. The number of aliphatic hydroxyl groups excluding tert-OH is 1. The summed E-state index contributed by atoms with van der Waals surface area (Å²) in [6, 6.07) is 2.15. The Morgan fingerprint density at radius 2 is 2.21 bits per heavy atom. The van der Waals surface area contributed by atoms with Crippen molar-refractivity contribution in [3.05, 3.63) is 10.9 Å². The fourth-order valence-corrected chi connectivity index (χ4v) is 2.98. The van der Waals surface area contributed by atoms with Gasteiger partial charge in [-0.1, -0.05) is 6.92 Å². The quantitative estimate of drug-likeness (QED) is 0.878. The Morgan fingerprint density at radius 1 is 1.47 bits per heavy atom. The standard InChI is InChI=1S/C13H20N4OS/c1-5-9-6-10-11(17(4)7-8(2)18)15-13(14-3)16-12(10)19-9/h6,8,18H,5,7H2,1-4H3,(H,14,15,16). The second-order valence-electron chi connectivity index (χ2n) is 4.64. The second-order valence-corrected chi connectivity index (χ2v) is 5.75. The van der Waals surface area contributed by atoms with Crippen LogP contribution < -0.4 is 10.2 Å². The number of aromatic nitrogens is 2. The summed E-state index contributed by atoms with van der Waals surface area (Å²) in [5.74, 6) is 1.48. The van der Waals surface area contributed by atoms with Crippen LogP contribution in [0.1, 0.15) is 18.7 Å². The zero-order valence-corrected chi connectivity index (χ0v) is 12.6. The lowest BCUT2D eigenvalue weighted by molar-refractivity contribution is 0.201. The molecule has 5 nitrogen and oxygen atoms in total. The van der Waals surface area contributed by atoms with E-state index in [0.717, 1.165) is 22.5 Å². The Bertz CT molecular complexity index is 567. The highest BCUT2D eigenvalue weighted by Gasteiger charge is 2.15. The van der Waals surface area contributed by atoms with E-state index in [2.05, 4.69) is 28.3 Å². The fourth-order valence-electron chi connectivity index (χ4n) is 2.02. The topological polar surface area (TPSA) is 61.3 Å². The lowest BCUT2D eigenvalue weighted by Gasteiger charge is -2.20. The SMILES string of the molecule is CCc1cc2c(N(C)CC(C)O)nc(NC)nc2s1. The number of likely N-dealkylation sites (N-methyl/N-ethyl adjacent to an activating group) is 1. The maximum Gasteiger partial charge on any atom is 0.225 e. The minimum absolute atomic E-state index is 0.391. The van der Waals surface area contributed by atoms with Gasteiger partial charge in [-0.3, -0.25) is 0 Å². The monoisotopic (exact) mass is 280 g/mol. The van der Waals surface area contributed by atoms with Gasteiger partial charge in [0.2, 0.25) is 5.95 Å². The van der Waals surface area contributed by atoms with Crippen LogP contribution in [-0.2, 0) is 6.42 Å². The molecule has 0 aliphatic rings. The minimum atomic E-state index is -0.391. The highest BCUT2D eigenvalue weighted by Crippen LogP contribution is 2.31. The number of aliphatic hydroxyl groups is 1. The van der Waals surface area contributed by atoms with E-state index in [-0.39, 0.29) is 0 Å². The summed E-state index contributed by atoms with van der Waals surface area (Å²) >= 11 is 1.70. The molecule has 104 valence electrons. The summed E-state index contributed by atoms with van der Waals surface area (Å²) < 4.78 is 0. The molecule has 2 rings (SSSR count). The molecule has 6 heteroatoms. The van der Waals surface area contributed by atoms with Crippen LogP contribution in [0.5, 0.6) is 0 Å². The maximum absolute atomic E-state index is 9.54. The molecule has 2 aromatic rings. The zero-order chi connectivity index (χ0) is 14.0.